The zero-order valence-electron chi connectivity index (χ0n) is 20.1. The van der Waals surface area contributed by atoms with Gasteiger partial charge in [-0.25, -0.2) is 4.79 Å². The Labute approximate surface area is 199 Å². The number of morpholine rings is 2. The minimum absolute atomic E-state index is 0.00789. The van der Waals surface area contributed by atoms with Crippen LogP contribution in [-0.2, 0) is 44.5 Å². The highest BCUT2D eigenvalue weighted by atomic mass is 16.6. The van der Waals surface area contributed by atoms with Gasteiger partial charge in [-0.2, -0.15) is 0 Å². The molecular formula is C24H32N2O8. The zero-order chi connectivity index (χ0) is 24.9. The fourth-order valence-corrected chi connectivity index (χ4v) is 3.78. The van der Waals surface area contributed by atoms with E-state index in [1.54, 1.807) is 43.9 Å². The number of nitrogens with zero attached hydrogens (tertiary/aromatic N) is 2. The van der Waals surface area contributed by atoms with Crippen molar-refractivity contribution in [2.24, 2.45) is 0 Å². The second-order valence-electron chi connectivity index (χ2n) is 9.18. The van der Waals surface area contributed by atoms with Crippen LogP contribution in [-0.4, -0.2) is 85.9 Å². The third-order valence-corrected chi connectivity index (χ3v) is 5.27. The molecule has 2 aliphatic rings. The molecule has 10 nitrogen and oxygen atoms in total. The first-order valence-corrected chi connectivity index (χ1v) is 11.3. The Kier molecular flexibility index (Phi) is 8.27. The Hall–Kier alpha value is -2.98. The van der Waals surface area contributed by atoms with E-state index in [4.69, 9.17) is 18.9 Å². The number of anilines is 1. The van der Waals surface area contributed by atoms with E-state index >= 15 is 0 Å². The first-order valence-electron chi connectivity index (χ1n) is 11.3. The molecular weight excluding hydrogens is 444 g/mol. The molecule has 10 heteroatoms. The highest BCUT2D eigenvalue weighted by molar-refractivity contribution is 6.01. The van der Waals surface area contributed by atoms with Gasteiger partial charge in [-0.15, -0.1) is 0 Å². The van der Waals surface area contributed by atoms with Crippen molar-refractivity contribution in [1.82, 2.24) is 4.90 Å². The van der Waals surface area contributed by atoms with Crippen molar-refractivity contribution >= 4 is 29.4 Å². The maximum Gasteiger partial charge on any atom is 0.351 e. The van der Waals surface area contributed by atoms with Gasteiger partial charge in [-0.05, 0) is 38.5 Å². The van der Waals surface area contributed by atoms with E-state index in [9.17, 15) is 19.2 Å². The van der Waals surface area contributed by atoms with Gasteiger partial charge in [-0.3, -0.25) is 14.4 Å². The lowest BCUT2D eigenvalue weighted by atomic mass is 10.1. The highest BCUT2D eigenvalue weighted by Crippen LogP contribution is 2.24. The third kappa shape index (κ3) is 6.77. The minimum Gasteiger partial charge on any atom is -0.457 e. The van der Waals surface area contributed by atoms with Gasteiger partial charge >= 0.3 is 11.9 Å². The van der Waals surface area contributed by atoms with E-state index in [1.165, 1.54) is 4.90 Å². The molecule has 3 rings (SSSR count). The number of hydrogen-bond donors (Lipinski definition) is 0. The summed E-state index contributed by atoms with van der Waals surface area (Å²) < 4.78 is 21.4. The lowest BCUT2D eigenvalue weighted by molar-refractivity contribution is -0.188. The molecule has 0 spiro atoms. The van der Waals surface area contributed by atoms with Crippen LogP contribution in [0.15, 0.2) is 24.3 Å². The number of carbonyl (C=O) groups is 4. The number of amides is 2. The molecule has 2 fully saturated rings. The van der Waals surface area contributed by atoms with Crippen molar-refractivity contribution < 1.29 is 38.1 Å². The average molecular weight is 477 g/mol. The Bertz CT molecular complexity index is 920. The Morgan fingerprint density at radius 2 is 1.82 bits per heavy atom. The summed E-state index contributed by atoms with van der Waals surface area (Å²) >= 11 is 0. The van der Waals surface area contributed by atoms with Gasteiger partial charge < -0.3 is 28.7 Å². The Morgan fingerprint density at radius 1 is 1.12 bits per heavy atom. The summed E-state index contributed by atoms with van der Waals surface area (Å²) in [7, 11) is 0. The van der Waals surface area contributed by atoms with Gasteiger partial charge in [0.25, 0.3) is 5.91 Å². The monoisotopic (exact) mass is 476 g/mol. The van der Waals surface area contributed by atoms with Crippen LogP contribution < -0.4 is 4.90 Å². The summed E-state index contributed by atoms with van der Waals surface area (Å²) in [6.07, 6.45) is -2.67. The fraction of sp³-hybridized carbons (Fsp3) is 0.583. The van der Waals surface area contributed by atoms with Gasteiger partial charge in [-0.1, -0.05) is 12.1 Å². The van der Waals surface area contributed by atoms with Gasteiger partial charge in [0.15, 0.2) is 6.10 Å². The molecule has 0 unspecified atom stereocenters. The first kappa shape index (κ1) is 25.6. The first-order chi connectivity index (χ1) is 16.0. The molecule has 34 heavy (non-hydrogen) atoms. The number of rotatable bonds is 6. The van der Waals surface area contributed by atoms with Crippen LogP contribution in [0.25, 0.3) is 0 Å². The average Bonchev–Trinajstić information content (AvgIpc) is 2.77. The fourth-order valence-electron chi connectivity index (χ4n) is 3.78. The summed E-state index contributed by atoms with van der Waals surface area (Å²) in [5, 5.41) is 0. The smallest absolute Gasteiger partial charge is 0.351 e. The van der Waals surface area contributed by atoms with E-state index in [2.05, 4.69) is 0 Å². The van der Waals surface area contributed by atoms with Crippen LogP contribution >= 0.6 is 0 Å². The van der Waals surface area contributed by atoms with Crippen molar-refractivity contribution in [1.29, 1.82) is 0 Å². The Balaban J connectivity index is 1.76. The molecule has 186 valence electrons. The summed E-state index contributed by atoms with van der Waals surface area (Å²) in [5.41, 5.74) is 0.485. The summed E-state index contributed by atoms with van der Waals surface area (Å²) in [6, 6.07) is 7.11. The number of esters is 2. The molecule has 0 aliphatic carbocycles. The molecule has 0 aromatic heterocycles. The molecule has 1 aromatic carbocycles. The van der Waals surface area contributed by atoms with Crippen LogP contribution in [0.4, 0.5) is 5.69 Å². The SMILES string of the molecule is CC(=O)O[C@@H](C(=O)OC(C)(C)C)[C@H]1OCCN(c2cccc(CC(=O)N3CCOCC3)c2)C1=O. The highest BCUT2D eigenvalue weighted by Gasteiger charge is 2.44. The number of carbonyl (C=O) groups excluding carboxylic acids is 4. The van der Waals surface area contributed by atoms with Crippen molar-refractivity contribution in [3.8, 4) is 0 Å². The van der Waals surface area contributed by atoms with E-state index in [1.807, 2.05) is 6.07 Å². The molecule has 0 N–H and O–H groups in total. The summed E-state index contributed by atoms with van der Waals surface area (Å²) in [5.74, 6) is -2.12. The lowest BCUT2D eigenvalue weighted by Gasteiger charge is -2.35. The molecule has 0 saturated carbocycles. The molecule has 0 bridgehead atoms. The van der Waals surface area contributed by atoms with Crippen LogP contribution in [0.1, 0.15) is 33.3 Å². The normalized spacial score (nSPS) is 20.0. The quantitative estimate of drug-likeness (QED) is 0.561. The van der Waals surface area contributed by atoms with E-state index in [-0.39, 0.29) is 25.5 Å². The molecule has 1 aromatic rings. The number of benzene rings is 1. The van der Waals surface area contributed by atoms with Crippen LogP contribution in [0.5, 0.6) is 0 Å². The second-order valence-corrected chi connectivity index (χ2v) is 9.18. The van der Waals surface area contributed by atoms with Crippen LogP contribution in [0.3, 0.4) is 0 Å². The summed E-state index contributed by atoms with van der Waals surface area (Å²) in [4.78, 5) is 53.5. The van der Waals surface area contributed by atoms with E-state index in [0.717, 1.165) is 12.5 Å². The van der Waals surface area contributed by atoms with E-state index in [0.29, 0.717) is 32.0 Å². The van der Waals surface area contributed by atoms with Crippen LogP contribution in [0.2, 0.25) is 0 Å². The van der Waals surface area contributed by atoms with Gasteiger partial charge in [0, 0.05) is 32.2 Å². The largest absolute Gasteiger partial charge is 0.457 e. The summed E-state index contributed by atoms with van der Waals surface area (Å²) in [6.45, 7) is 8.73. The molecule has 2 heterocycles. The Morgan fingerprint density at radius 3 is 2.47 bits per heavy atom. The predicted molar refractivity (Wildman–Crippen MR) is 121 cm³/mol. The standard InChI is InChI=1S/C24H32N2O8/c1-16(27)33-21(23(30)34-24(2,3)4)20-22(29)26(10-13-32-20)18-7-5-6-17(14-18)15-19(28)25-8-11-31-12-9-25/h5-7,14,20-21H,8-13,15H2,1-4H3/t20-,21-/m1/s1. The van der Waals surface area contributed by atoms with Crippen molar-refractivity contribution in [3.05, 3.63) is 29.8 Å². The predicted octanol–water partition coefficient (Wildman–Crippen LogP) is 1.09. The van der Waals surface area contributed by atoms with E-state index < -0.39 is 35.7 Å². The van der Waals surface area contributed by atoms with Crippen molar-refractivity contribution in [2.75, 3.05) is 44.4 Å². The van der Waals surface area contributed by atoms with Crippen LogP contribution in [0, 0.1) is 0 Å². The molecule has 2 atom stereocenters. The molecule has 2 amide bonds. The maximum atomic E-state index is 13.3. The lowest BCUT2D eigenvalue weighted by Crippen LogP contribution is -2.56. The zero-order valence-corrected chi connectivity index (χ0v) is 20.1. The molecule has 2 saturated heterocycles. The van der Waals surface area contributed by atoms with Crippen molar-refractivity contribution in [3.63, 3.8) is 0 Å². The topological polar surface area (TPSA) is 112 Å². The van der Waals surface area contributed by atoms with Gasteiger partial charge in [0.2, 0.25) is 12.0 Å². The van der Waals surface area contributed by atoms with Gasteiger partial charge in [0.05, 0.1) is 26.2 Å². The van der Waals surface area contributed by atoms with Gasteiger partial charge in [0.1, 0.15) is 5.60 Å². The minimum atomic E-state index is -1.53. The molecule has 0 radical (unpaired) electrons. The number of ether oxygens (including phenoxy) is 4. The second kappa shape index (κ2) is 11.0. The van der Waals surface area contributed by atoms with Crippen molar-refractivity contribution in [2.45, 2.75) is 51.9 Å². The maximum absolute atomic E-state index is 13.3. The molecule has 2 aliphatic heterocycles. The third-order valence-electron chi connectivity index (χ3n) is 5.27. The number of hydrogen-bond acceptors (Lipinski definition) is 8.